The number of hydrogen-bond acceptors (Lipinski definition) is 12. The molecule has 6 rings (SSSR count). The van der Waals surface area contributed by atoms with Crippen LogP contribution >= 0.6 is 11.6 Å². The molecular weight excluding hydrogens is 730 g/mol. The number of hydrogen-bond donors (Lipinski definition) is 0. The van der Waals surface area contributed by atoms with Gasteiger partial charge in [-0.15, -0.1) is 0 Å². The number of carbonyl (C=O) groups is 1. The van der Waals surface area contributed by atoms with Crippen LogP contribution in [0.4, 0.5) is 0 Å². The molecule has 2 heterocycles. The number of nitrogens with zero attached hydrogens (tertiary/aromatic N) is 3. The lowest BCUT2D eigenvalue weighted by Gasteiger charge is -2.36. The molecule has 292 valence electrons. The van der Waals surface area contributed by atoms with E-state index in [0.717, 1.165) is 39.8 Å². The number of amides is 1. The van der Waals surface area contributed by atoms with Gasteiger partial charge < -0.3 is 47.5 Å². The van der Waals surface area contributed by atoms with E-state index in [-0.39, 0.29) is 12.1 Å². The van der Waals surface area contributed by atoms with Crippen molar-refractivity contribution in [3.05, 3.63) is 86.9 Å². The third kappa shape index (κ3) is 7.59. The van der Waals surface area contributed by atoms with Crippen LogP contribution < -0.4 is 42.6 Å². The van der Waals surface area contributed by atoms with Crippen LogP contribution in [0, 0.1) is 11.5 Å². The molecule has 13 nitrogen and oxygen atoms in total. The minimum atomic E-state index is -0.316. The van der Waals surface area contributed by atoms with Gasteiger partial charge in [0.05, 0.1) is 81.1 Å². The summed E-state index contributed by atoms with van der Waals surface area (Å²) in [6, 6.07) is 14.4. The Morgan fingerprint density at radius 2 is 1.02 bits per heavy atom. The van der Waals surface area contributed by atoms with Crippen LogP contribution in [0.3, 0.4) is 0 Å². The maximum Gasteiger partial charge on any atom is 0.210 e. The Kier molecular flexibility index (Phi) is 13.2. The van der Waals surface area contributed by atoms with Crippen molar-refractivity contribution in [2.45, 2.75) is 24.9 Å². The van der Waals surface area contributed by atoms with Gasteiger partial charge in [-0.05, 0) is 71.5 Å². The number of nitriles is 1. The summed E-state index contributed by atoms with van der Waals surface area (Å²) in [7, 11) is 14.3. The van der Waals surface area contributed by atoms with E-state index >= 15 is 0 Å². The van der Waals surface area contributed by atoms with Gasteiger partial charge in [0.1, 0.15) is 0 Å². The summed E-state index contributed by atoms with van der Waals surface area (Å²) in [5.74, 6) is 5.31. The summed E-state index contributed by atoms with van der Waals surface area (Å²) in [6.07, 6.45) is 4.52. The topological polar surface area (TPSA) is 130 Å². The van der Waals surface area contributed by atoms with Crippen LogP contribution in [-0.4, -0.2) is 93.3 Å². The smallest absolute Gasteiger partial charge is 0.210 e. The Hall–Kier alpha value is -5.87. The van der Waals surface area contributed by atoms with Gasteiger partial charge in [0.2, 0.25) is 12.2 Å². The zero-order valence-electron chi connectivity index (χ0n) is 32.5. The molecule has 4 aromatic carbocycles. The highest BCUT2D eigenvalue weighted by atomic mass is 35.5. The summed E-state index contributed by atoms with van der Waals surface area (Å²) < 4.78 is 49.2. The van der Waals surface area contributed by atoms with E-state index in [9.17, 15) is 10.1 Å². The second-order valence-electron chi connectivity index (χ2n) is 12.4. The normalized spacial score (nSPS) is 15.5. The van der Waals surface area contributed by atoms with Crippen LogP contribution in [0.2, 0.25) is 5.02 Å². The van der Waals surface area contributed by atoms with Gasteiger partial charge in [-0.25, -0.2) is 0 Å². The molecule has 0 saturated carbocycles. The number of methoxy groups -OCH3 is 9. The molecule has 2 aliphatic rings. The van der Waals surface area contributed by atoms with E-state index in [1.807, 2.05) is 42.5 Å². The first-order valence-corrected chi connectivity index (χ1v) is 17.7. The van der Waals surface area contributed by atoms with Crippen LogP contribution in [0.25, 0.3) is 0 Å². The third-order valence-corrected chi connectivity index (χ3v) is 10.1. The lowest BCUT2D eigenvalue weighted by Crippen LogP contribution is -2.35. The molecule has 0 spiro atoms. The Morgan fingerprint density at radius 1 is 0.582 bits per heavy atom. The molecule has 0 radical (unpaired) electrons. The summed E-state index contributed by atoms with van der Waals surface area (Å²) in [5.41, 5.74) is 5.70. The average molecular weight is 776 g/mol. The van der Waals surface area contributed by atoms with Gasteiger partial charge >= 0.3 is 0 Å². The highest BCUT2D eigenvalue weighted by Crippen LogP contribution is 2.48. The molecule has 55 heavy (non-hydrogen) atoms. The molecule has 0 aromatic heterocycles. The SMILES string of the molecule is COc1cc(C2c3ccc(OC)c(OC)c3CCN2C#N)cc(OC)c1OC.COc1cc(C2c3ccc(OC)c(OC)c3CCN2C=O)cc(Cl)c1OC. The molecule has 14 heteroatoms. The predicted molar refractivity (Wildman–Crippen MR) is 206 cm³/mol. The highest BCUT2D eigenvalue weighted by molar-refractivity contribution is 6.32. The van der Waals surface area contributed by atoms with Crippen LogP contribution in [0.1, 0.15) is 45.5 Å². The standard InChI is InChI=1S/C21H24N2O5.C20H22ClNO5/c1-24-16-7-6-14-15(20(16)27-4)8-9-23(12-22)19(14)13-10-17(25-2)21(28-5)18(11-13)26-3;1-24-16-6-5-13-14(19(16)26-3)7-8-22(11-23)18(13)12-9-15(21)20(27-4)17(10-12)25-2/h6-7,10-11,19H,8-9H2,1-5H3;5-6,9-11,18H,7-8H2,1-4H3. The number of fused-ring (bicyclic) bond motifs is 2. The lowest BCUT2D eigenvalue weighted by molar-refractivity contribution is -0.120. The van der Waals surface area contributed by atoms with Crippen molar-refractivity contribution in [2.75, 3.05) is 77.1 Å². The van der Waals surface area contributed by atoms with Crippen LogP contribution in [0.15, 0.2) is 48.5 Å². The van der Waals surface area contributed by atoms with Crippen molar-refractivity contribution in [3.63, 3.8) is 0 Å². The van der Waals surface area contributed by atoms with Crippen molar-refractivity contribution in [1.29, 1.82) is 5.26 Å². The first-order valence-electron chi connectivity index (χ1n) is 17.3. The summed E-state index contributed by atoms with van der Waals surface area (Å²) in [4.78, 5) is 15.3. The van der Waals surface area contributed by atoms with Crippen molar-refractivity contribution >= 4 is 18.0 Å². The van der Waals surface area contributed by atoms with Crippen LogP contribution in [-0.2, 0) is 17.6 Å². The zero-order chi connectivity index (χ0) is 39.8. The van der Waals surface area contributed by atoms with E-state index in [1.54, 1.807) is 72.7 Å². The molecular formula is C41H46ClN3O10. The van der Waals surface area contributed by atoms with E-state index in [1.165, 1.54) is 7.11 Å². The quantitative estimate of drug-likeness (QED) is 0.113. The Labute approximate surface area is 326 Å². The van der Waals surface area contributed by atoms with E-state index in [0.29, 0.717) is 82.7 Å². The van der Waals surface area contributed by atoms with Gasteiger partial charge in [0.25, 0.3) is 0 Å². The number of benzene rings is 4. The van der Waals surface area contributed by atoms with Gasteiger partial charge in [0, 0.05) is 24.2 Å². The van der Waals surface area contributed by atoms with Gasteiger partial charge in [-0.2, -0.15) is 5.26 Å². The number of halogens is 1. The van der Waals surface area contributed by atoms with Crippen LogP contribution in [0.5, 0.6) is 51.7 Å². The molecule has 2 aliphatic heterocycles. The lowest BCUT2D eigenvalue weighted by atomic mass is 9.87. The van der Waals surface area contributed by atoms with Gasteiger partial charge in [-0.3, -0.25) is 9.69 Å². The van der Waals surface area contributed by atoms with Crippen molar-refractivity contribution < 1.29 is 47.4 Å². The fraction of sp³-hybridized carbons (Fsp3) is 0.366. The predicted octanol–water partition coefficient (Wildman–Crippen LogP) is 6.64. The molecule has 2 atom stereocenters. The number of rotatable bonds is 12. The molecule has 0 bridgehead atoms. The largest absolute Gasteiger partial charge is 0.493 e. The van der Waals surface area contributed by atoms with Crippen molar-refractivity contribution in [3.8, 4) is 57.9 Å². The second-order valence-corrected chi connectivity index (χ2v) is 12.8. The zero-order valence-corrected chi connectivity index (χ0v) is 33.2. The number of ether oxygens (including phenoxy) is 9. The summed E-state index contributed by atoms with van der Waals surface area (Å²) in [5, 5.41) is 10.2. The van der Waals surface area contributed by atoms with Crippen molar-refractivity contribution in [1.82, 2.24) is 9.80 Å². The monoisotopic (exact) mass is 775 g/mol. The molecule has 0 aliphatic carbocycles. The molecule has 0 fully saturated rings. The maximum absolute atomic E-state index is 11.8. The maximum atomic E-state index is 11.8. The average Bonchev–Trinajstić information content (AvgIpc) is 3.23. The van der Waals surface area contributed by atoms with Gasteiger partial charge in [0.15, 0.2) is 52.2 Å². The second kappa shape index (κ2) is 18.0. The molecule has 0 N–H and O–H groups in total. The molecule has 0 saturated heterocycles. The molecule has 1 amide bonds. The minimum absolute atomic E-state index is 0.303. The highest BCUT2D eigenvalue weighted by Gasteiger charge is 2.34. The fourth-order valence-electron chi connectivity index (χ4n) is 7.42. The van der Waals surface area contributed by atoms with E-state index in [2.05, 4.69) is 6.19 Å². The van der Waals surface area contributed by atoms with E-state index in [4.69, 9.17) is 54.2 Å². The molecule has 4 aromatic rings. The Balaban J connectivity index is 0.000000211. The Bertz CT molecular complexity index is 2030. The van der Waals surface area contributed by atoms with Gasteiger partial charge in [-0.1, -0.05) is 23.7 Å². The van der Waals surface area contributed by atoms with Crippen molar-refractivity contribution in [2.24, 2.45) is 0 Å². The minimum Gasteiger partial charge on any atom is -0.493 e. The molecule has 2 unspecified atom stereocenters. The summed E-state index contributed by atoms with van der Waals surface area (Å²) >= 11 is 6.40. The Morgan fingerprint density at radius 3 is 1.45 bits per heavy atom. The first kappa shape index (κ1) is 40.3. The summed E-state index contributed by atoms with van der Waals surface area (Å²) in [6.45, 7) is 1.12. The first-order chi connectivity index (χ1) is 26.7. The van der Waals surface area contributed by atoms with E-state index < -0.39 is 0 Å². The number of carbonyl (C=O) groups excluding carboxylic acids is 1. The third-order valence-electron chi connectivity index (χ3n) is 9.86. The fourth-order valence-corrected chi connectivity index (χ4v) is 7.72.